The average molecular weight is 582 g/mol. The van der Waals surface area contributed by atoms with Crippen LogP contribution < -0.4 is 0 Å². The third kappa shape index (κ3) is 4.90. The second-order valence-corrected chi connectivity index (χ2v) is 10.3. The van der Waals surface area contributed by atoms with Gasteiger partial charge < -0.3 is 19.1 Å². The Hall–Kier alpha value is -3.97. The number of carbonyl (C=O) groups is 2. The number of terminal acetylenes is 1. The number of aryl methyl sites for hydroxylation is 2. The molecule has 0 aliphatic carbocycles. The van der Waals surface area contributed by atoms with E-state index in [2.05, 4.69) is 15.9 Å². The van der Waals surface area contributed by atoms with Gasteiger partial charge in [0, 0.05) is 18.5 Å². The van der Waals surface area contributed by atoms with E-state index in [1.807, 2.05) is 13.8 Å². The van der Waals surface area contributed by atoms with Gasteiger partial charge in [-0.3, -0.25) is 0 Å². The van der Waals surface area contributed by atoms with Crippen LogP contribution in [-0.4, -0.2) is 43.8 Å². The largest absolute Gasteiger partial charge is 0.478 e. The lowest BCUT2D eigenvalue weighted by atomic mass is 9.80. The predicted molar refractivity (Wildman–Crippen MR) is 146 cm³/mol. The van der Waals surface area contributed by atoms with Gasteiger partial charge in [0.2, 0.25) is 5.28 Å². The van der Waals surface area contributed by atoms with Crippen molar-refractivity contribution in [1.82, 2.24) is 14.5 Å². The van der Waals surface area contributed by atoms with Crippen LogP contribution in [0.4, 0.5) is 4.39 Å². The first-order chi connectivity index (χ1) is 19.0. The van der Waals surface area contributed by atoms with Gasteiger partial charge in [-0.1, -0.05) is 52.9 Å². The maximum Gasteiger partial charge on any atom is 0.338 e. The molecule has 204 valence electrons. The minimum Gasteiger partial charge on any atom is -0.478 e. The van der Waals surface area contributed by atoms with Crippen molar-refractivity contribution in [3.8, 4) is 12.3 Å². The number of aromatic carboxylic acids is 1. The second-order valence-electron chi connectivity index (χ2n) is 9.60. The van der Waals surface area contributed by atoms with Gasteiger partial charge in [0.1, 0.15) is 18.0 Å². The van der Waals surface area contributed by atoms with Crippen LogP contribution in [-0.2, 0) is 9.47 Å². The summed E-state index contributed by atoms with van der Waals surface area (Å²) in [5, 5.41) is 9.52. The number of hydrogen-bond donors (Lipinski definition) is 1. The molecule has 4 aromatic rings. The van der Waals surface area contributed by atoms with Gasteiger partial charge in [-0.25, -0.2) is 19.0 Å². The Balaban J connectivity index is 1.60. The van der Waals surface area contributed by atoms with Gasteiger partial charge in [-0.2, -0.15) is 4.98 Å². The number of benzene rings is 2. The zero-order chi connectivity index (χ0) is 28.8. The third-order valence-electron chi connectivity index (χ3n) is 6.97. The second kappa shape index (κ2) is 10.5. The Morgan fingerprint density at radius 2 is 1.90 bits per heavy atom. The van der Waals surface area contributed by atoms with Crippen LogP contribution in [0.2, 0.25) is 10.4 Å². The number of halogens is 3. The number of esters is 1. The molecule has 40 heavy (non-hydrogen) atoms. The molecule has 8 nitrogen and oxygen atoms in total. The van der Waals surface area contributed by atoms with E-state index >= 15 is 0 Å². The number of rotatable bonds is 6. The van der Waals surface area contributed by atoms with Crippen LogP contribution in [0.3, 0.4) is 0 Å². The highest BCUT2D eigenvalue weighted by Gasteiger charge is 2.51. The van der Waals surface area contributed by atoms with E-state index in [-0.39, 0.29) is 33.5 Å². The molecule has 0 spiro atoms. The first-order valence-electron chi connectivity index (χ1n) is 12.2. The summed E-state index contributed by atoms with van der Waals surface area (Å²) in [6.45, 7) is 3.30. The predicted octanol–water partition coefficient (Wildman–Crippen LogP) is 6.12. The molecule has 5 rings (SSSR count). The summed E-state index contributed by atoms with van der Waals surface area (Å²) in [7, 11) is 0. The van der Waals surface area contributed by atoms with Gasteiger partial charge in [-0.05, 0) is 49.2 Å². The van der Waals surface area contributed by atoms with Crippen molar-refractivity contribution in [3.63, 3.8) is 0 Å². The van der Waals surface area contributed by atoms with Crippen LogP contribution in [0.25, 0.3) is 11.0 Å². The van der Waals surface area contributed by atoms with Crippen molar-refractivity contribution in [3.05, 3.63) is 92.7 Å². The lowest BCUT2D eigenvalue weighted by molar-refractivity contribution is -0.0719. The van der Waals surface area contributed by atoms with Gasteiger partial charge in [-0.15, -0.1) is 6.42 Å². The van der Waals surface area contributed by atoms with Crippen molar-refractivity contribution in [2.75, 3.05) is 6.61 Å². The van der Waals surface area contributed by atoms with Gasteiger partial charge in [0.15, 0.2) is 17.1 Å². The topological polar surface area (TPSA) is 104 Å². The molecule has 3 heterocycles. The lowest BCUT2D eigenvalue weighted by Gasteiger charge is -2.30. The van der Waals surface area contributed by atoms with Crippen molar-refractivity contribution in [1.29, 1.82) is 0 Å². The molecule has 2 aromatic heterocycles. The molecule has 3 atom stereocenters. The van der Waals surface area contributed by atoms with E-state index in [1.54, 1.807) is 36.4 Å². The van der Waals surface area contributed by atoms with Crippen LogP contribution in [0, 0.1) is 32.0 Å². The van der Waals surface area contributed by atoms with E-state index in [0.29, 0.717) is 11.1 Å². The Morgan fingerprint density at radius 1 is 1.20 bits per heavy atom. The summed E-state index contributed by atoms with van der Waals surface area (Å²) in [5.41, 5.74) is 0.924. The molecule has 0 saturated carbocycles. The molecule has 1 fully saturated rings. The van der Waals surface area contributed by atoms with Crippen molar-refractivity contribution < 1.29 is 28.6 Å². The molecule has 1 saturated heterocycles. The molecule has 0 unspecified atom stereocenters. The highest BCUT2D eigenvalue weighted by molar-refractivity contribution is 6.35. The quantitative estimate of drug-likeness (QED) is 0.126. The fourth-order valence-corrected chi connectivity index (χ4v) is 5.45. The first kappa shape index (κ1) is 27.6. The standard InChI is InChI=1S/C29H22Cl2FN3O5/c1-4-29(14-39-27(38)17-8-5-15(2)6-9-17)20(19-11-16(3)7-10-18(19)26(36)37)12-22(40-29)35-13-21(32)23-24(30)33-28(31)34-25(23)35/h1,5-11,13,20,22H,12,14H2,2-3H3,(H,36,37)/t20-,22+,29+/m0/s1. The van der Waals surface area contributed by atoms with Crippen LogP contribution in [0.15, 0.2) is 48.7 Å². The highest BCUT2D eigenvalue weighted by atomic mass is 35.5. The number of nitrogens with zero attached hydrogens (tertiary/aromatic N) is 3. The Kier molecular flexibility index (Phi) is 7.27. The van der Waals surface area contributed by atoms with Gasteiger partial charge in [0.05, 0.1) is 16.5 Å². The molecular weight excluding hydrogens is 560 g/mol. The fourth-order valence-electron chi connectivity index (χ4n) is 4.99. The normalized spacial score (nSPS) is 20.4. The summed E-state index contributed by atoms with van der Waals surface area (Å²) in [6, 6.07) is 11.7. The maximum atomic E-state index is 15.0. The number of carbonyl (C=O) groups excluding carboxylic acids is 1. The summed E-state index contributed by atoms with van der Waals surface area (Å²) < 4.78 is 28.4. The van der Waals surface area contributed by atoms with E-state index in [9.17, 15) is 19.1 Å². The molecule has 0 bridgehead atoms. The summed E-state index contributed by atoms with van der Waals surface area (Å²) >= 11 is 12.1. The first-order valence-corrected chi connectivity index (χ1v) is 12.9. The molecule has 11 heteroatoms. The van der Waals surface area contributed by atoms with E-state index in [0.717, 1.165) is 17.3 Å². The number of ether oxygens (including phenoxy) is 2. The Bertz CT molecular complexity index is 1700. The molecule has 2 aromatic carbocycles. The molecular formula is C29H22Cl2FN3O5. The van der Waals surface area contributed by atoms with Crippen LogP contribution in [0.5, 0.6) is 0 Å². The van der Waals surface area contributed by atoms with E-state index < -0.39 is 42.1 Å². The third-order valence-corrected chi connectivity index (χ3v) is 7.42. The molecule has 1 N–H and O–H groups in total. The minimum absolute atomic E-state index is 0.0151. The van der Waals surface area contributed by atoms with Gasteiger partial charge >= 0.3 is 11.9 Å². The maximum absolute atomic E-state index is 15.0. The zero-order valence-corrected chi connectivity index (χ0v) is 22.8. The fraction of sp³-hybridized carbons (Fsp3) is 0.241. The van der Waals surface area contributed by atoms with E-state index in [4.69, 9.17) is 39.1 Å². The molecule has 1 aliphatic rings. The number of carboxylic acid groups (broad SMARTS) is 1. The van der Waals surface area contributed by atoms with Crippen LogP contribution in [0.1, 0.15) is 56.0 Å². The number of fused-ring (bicyclic) bond motifs is 1. The molecule has 0 radical (unpaired) electrons. The zero-order valence-electron chi connectivity index (χ0n) is 21.3. The van der Waals surface area contributed by atoms with Crippen molar-refractivity contribution >= 4 is 46.2 Å². The Morgan fingerprint density at radius 3 is 2.58 bits per heavy atom. The van der Waals surface area contributed by atoms with Crippen molar-refractivity contribution in [2.24, 2.45) is 0 Å². The smallest absolute Gasteiger partial charge is 0.338 e. The molecule has 0 amide bonds. The monoisotopic (exact) mass is 581 g/mol. The number of hydrogen-bond acceptors (Lipinski definition) is 6. The molecule has 1 aliphatic heterocycles. The Labute approximate surface area is 238 Å². The minimum atomic E-state index is -1.61. The van der Waals surface area contributed by atoms with E-state index in [1.165, 1.54) is 10.6 Å². The van der Waals surface area contributed by atoms with Crippen LogP contribution >= 0.6 is 23.2 Å². The number of carboxylic acids is 1. The summed E-state index contributed by atoms with van der Waals surface area (Å²) in [5.74, 6) is -0.651. The van der Waals surface area contributed by atoms with Crippen molar-refractivity contribution in [2.45, 2.75) is 38.0 Å². The summed E-state index contributed by atoms with van der Waals surface area (Å²) in [4.78, 5) is 33.0. The lowest BCUT2D eigenvalue weighted by Crippen LogP contribution is -2.39. The average Bonchev–Trinajstić information content (AvgIpc) is 3.45. The number of aromatic nitrogens is 3. The summed E-state index contributed by atoms with van der Waals surface area (Å²) in [6.07, 6.45) is 6.34. The SMILES string of the molecule is C#C[C@]1(COC(=O)c2ccc(C)cc2)O[C@@H](n2cc(F)c3c(Cl)nc(Cl)nc32)C[C@H]1c1cc(C)ccc1C(=O)O. The highest BCUT2D eigenvalue weighted by Crippen LogP contribution is 2.49. The van der Waals surface area contributed by atoms with Gasteiger partial charge in [0.25, 0.3) is 0 Å².